The van der Waals surface area contributed by atoms with Crippen LogP contribution in [0.2, 0.25) is 0 Å². The average Bonchev–Trinajstić information content (AvgIpc) is 2.62. The Balaban J connectivity index is 1.81. The maximum Gasteiger partial charge on any atom is 0.271 e. The summed E-state index contributed by atoms with van der Waals surface area (Å²) in [4.78, 5) is 20.3. The first-order chi connectivity index (χ1) is 12.4. The van der Waals surface area contributed by atoms with Crippen LogP contribution in [0, 0.1) is 0 Å². The molecule has 0 aliphatic carbocycles. The molecule has 10 heteroatoms. The molecule has 0 fully saturated rings. The zero-order chi connectivity index (χ0) is 19.0. The van der Waals surface area contributed by atoms with Crippen molar-refractivity contribution in [2.24, 2.45) is 5.14 Å². The normalized spacial score (nSPS) is 11.2. The smallest absolute Gasteiger partial charge is 0.271 e. The highest BCUT2D eigenvalue weighted by atomic mass is 32.2. The van der Waals surface area contributed by atoms with Crippen molar-refractivity contribution in [1.82, 2.24) is 15.3 Å². The fourth-order valence-electron chi connectivity index (χ4n) is 2.07. The van der Waals surface area contributed by atoms with Crippen molar-refractivity contribution in [2.75, 3.05) is 32.1 Å². The zero-order valence-electron chi connectivity index (χ0n) is 14.3. The Labute approximate surface area is 152 Å². The fraction of sp³-hybridized carbons (Fsp3) is 0.312. The summed E-state index contributed by atoms with van der Waals surface area (Å²) in [6, 6.07) is 6.19. The number of benzene rings is 1. The molecule has 0 spiro atoms. The van der Waals surface area contributed by atoms with Crippen LogP contribution >= 0.6 is 0 Å². The number of hydrogen-bond acceptors (Lipinski definition) is 7. The Morgan fingerprint density at radius 3 is 2.46 bits per heavy atom. The molecule has 9 nitrogen and oxygen atoms in total. The van der Waals surface area contributed by atoms with E-state index in [1.54, 1.807) is 19.2 Å². The van der Waals surface area contributed by atoms with E-state index in [1.807, 2.05) is 0 Å². The number of sulfonamides is 1. The van der Waals surface area contributed by atoms with Crippen LogP contribution in [0.15, 0.2) is 41.6 Å². The molecule has 0 radical (unpaired) electrons. The number of nitrogens with zero attached hydrogens (tertiary/aromatic N) is 2. The minimum Gasteiger partial charge on any atom is -0.383 e. The number of rotatable bonds is 9. The molecule has 140 valence electrons. The minimum atomic E-state index is -3.70. The lowest BCUT2D eigenvalue weighted by Crippen LogP contribution is -2.26. The predicted octanol–water partition coefficient (Wildman–Crippen LogP) is 0.155. The van der Waals surface area contributed by atoms with Gasteiger partial charge in [-0.2, -0.15) is 0 Å². The van der Waals surface area contributed by atoms with Crippen molar-refractivity contribution < 1.29 is 17.9 Å². The Morgan fingerprint density at radius 1 is 1.15 bits per heavy atom. The number of methoxy groups -OCH3 is 1. The van der Waals surface area contributed by atoms with Gasteiger partial charge in [0.05, 0.1) is 23.9 Å². The molecule has 0 atom stereocenters. The van der Waals surface area contributed by atoms with Crippen molar-refractivity contribution in [3.05, 3.63) is 47.9 Å². The van der Waals surface area contributed by atoms with Gasteiger partial charge in [0, 0.05) is 20.2 Å². The van der Waals surface area contributed by atoms with E-state index in [-0.39, 0.29) is 16.5 Å². The van der Waals surface area contributed by atoms with E-state index < -0.39 is 10.0 Å². The molecule has 0 bridgehead atoms. The number of nitrogens with two attached hydrogens (primary N) is 1. The number of hydrogen-bond donors (Lipinski definition) is 3. The first kappa shape index (κ1) is 19.8. The van der Waals surface area contributed by atoms with Crippen LogP contribution in [0.3, 0.4) is 0 Å². The summed E-state index contributed by atoms with van der Waals surface area (Å²) in [5.41, 5.74) is 1.09. The summed E-state index contributed by atoms with van der Waals surface area (Å²) in [7, 11) is -2.09. The number of carbonyl (C=O) groups is 1. The molecule has 4 N–H and O–H groups in total. The van der Waals surface area contributed by atoms with Crippen LogP contribution in [0.1, 0.15) is 16.1 Å². The van der Waals surface area contributed by atoms with Crippen molar-refractivity contribution >= 4 is 21.7 Å². The first-order valence-electron chi connectivity index (χ1n) is 7.85. The third kappa shape index (κ3) is 6.06. The van der Waals surface area contributed by atoms with E-state index in [1.165, 1.54) is 24.5 Å². The van der Waals surface area contributed by atoms with Crippen molar-refractivity contribution in [3.8, 4) is 0 Å². The number of primary sulfonamides is 1. The summed E-state index contributed by atoms with van der Waals surface area (Å²) in [5.74, 6) is 0.232. The molecule has 26 heavy (non-hydrogen) atoms. The van der Waals surface area contributed by atoms with Gasteiger partial charge in [0.2, 0.25) is 10.0 Å². The molecule has 0 saturated carbocycles. The minimum absolute atomic E-state index is 0.0553. The summed E-state index contributed by atoms with van der Waals surface area (Å²) >= 11 is 0. The van der Waals surface area contributed by atoms with Gasteiger partial charge in [0.15, 0.2) is 0 Å². The monoisotopic (exact) mass is 379 g/mol. The molecule has 2 aromatic rings. The SMILES string of the molecule is COCCNc1cnc(C(=O)NCCc2ccc(S(N)(=O)=O)cc2)cn1. The topological polar surface area (TPSA) is 136 Å². The number of carbonyl (C=O) groups excluding carboxylic acids is 1. The molecule has 1 heterocycles. The summed E-state index contributed by atoms with van der Waals surface area (Å²) < 4.78 is 27.3. The molecule has 1 amide bonds. The molecular weight excluding hydrogens is 358 g/mol. The van der Waals surface area contributed by atoms with Gasteiger partial charge in [-0.15, -0.1) is 0 Å². The largest absolute Gasteiger partial charge is 0.383 e. The highest BCUT2D eigenvalue weighted by Crippen LogP contribution is 2.09. The Bertz CT molecular complexity index is 823. The van der Waals surface area contributed by atoms with E-state index in [2.05, 4.69) is 20.6 Å². The van der Waals surface area contributed by atoms with E-state index in [0.717, 1.165) is 5.56 Å². The maximum atomic E-state index is 12.0. The van der Waals surface area contributed by atoms with E-state index in [0.29, 0.717) is 31.9 Å². The Hall–Kier alpha value is -2.56. The lowest BCUT2D eigenvalue weighted by atomic mass is 10.1. The number of nitrogens with one attached hydrogen (secondary N) is 2. The zero-order valence-corrected chi connectivity index (χ0v) is 15.1. The van der Waals surface area contributed by atoms with Gasteiger partial charge in [-0.3, -0.25) is 4.79 Å². The summed E-state index contributed by atoms with van der Waals surface area (Å²) in [5, 5.41) is 10.8. The molecule has 0 aliphatic heterocycles. The van der Waals surface area contributed by atoms with Gasteiger partial charge in [0.1, 0.15) is 11.5 Å². The van der Waals surface area contributed by atoms with Crippen LogP contribution in [-0.4, -0.2) is 51.1 Å². The standard InChI is InChI=1S/C16H21N5O4S/c1-25-9-8-18-15-11-20-14(10-21-15)16(22)19-7-6-12-2-4-13(5-3-12)26(17,23)24/h2-5,10-11H,6-9H2,1H3,(H,18,21)(H,19,22)(H2,17,23,24). The van der Waals surface area contributed by atoms with Crippen LogP contribution < -0.4 is 15.8 Å². The van der Waals surface area contributed by atoms with Crippen molar-refractivity contribution in [2.45, 2.75) is 11.3 Å². The third-order valence-electron chi connectivity index (χ3n) is 3.45. The van der Waals surface area contributed by atoms with Crippen LogP contribution in [-0.2, 0) is 21.2 Å². The lowest BCUT2D eigenvalue weighted by molar-refractivity contribution is 0.0949. The molecule has 1 aromatic heterocycles. The van der Waals surface area contributed by atoms with Gasteiger partial charge in [-0.05, 0) is 24.1 Å². The Kier molecular flexibility index (Phi) is 7.01. The number of aromatic nitrogens is 2. The van der Waals surface area contributed by atoms with Crippen LogP contribution in [0.5, 0.6) is 0 Å². The number of anilines is 1. The Morgan fingerprint density at radius 2 is 1.88 bits per heavy atom. The van der Waals surface area contributed by atoms with E-state index >= 15 is 0 Å². The summed E-state index contributed by atoms with van der Waals surface area (Å²) in [6.07, 6.45) is 3.42. The van der Waals surface area contributed by atoms with Crippen molar-refractivity contribution in [1.29, 1.82) is 0 Å². The molecule has 0 saturated heterocycles. The average molecular weight is 379 g/mol. The predicted molar refractivity (Wildman–Crippen MR) is 96.3 cm³/mol. The van der Waals surface area contributed by atoms with Crippen molar-refractivity contribution in [3.63, 3.8) is 0 Å². The highest BCUT2D eigenvalue weighted by Gasteiger charge is 2.09. The molecule has 2 rings (SSSR count). The van der Waals surface area contributed by atoms with Crippen LogP contribution in [0.25, 0.3) is 0 Å². The van der Waals surface area contributed by atoms with E-state index in [4.69, 9.17) is 9.88 Å². The van der Waals surface area contributed by atoms with Gasteiger partial charge >= 0.3 is 0 Å². The van der Waals surface area contributed by atoms with Gasteiger partial charge in [-0.1, -0.05) is 12.1 Å². The lowest BCUT2D eigenvalue weighted by Gasteiger charge is -2.07. The van der Waals surface area contributed by atoms with Gasteiger partial charge < -0.3 is 15.4 Å². The first-order valence-corrected chi connectivity index (χ1v) is 9.39. The molecule has 1 aromatic carbocycles. The van der Waals surface area contributed by atoms with Gasteiger partial charge in [-0.25, -0.2) is 23.5 Å². The second-order valence-corrected chi connectivity index (χ2v) is 6.96. The molecule has 0 unspecified atom stereocenters. The quantitative estimate of drug-likeness (QED) is 0.528. The maximum absolute atomic E-state index is 12.0. The molecule has 0 aliphatic rings. The molecular formula is C16H21N5O4S. The third-order valence-corrected chi connectivity index (χ3v) is 4.38. The highest BCUT2D eigenvalue weighted by molar-refractivity contribution is 7.89. The second-order valence-electron chi connectivity index (χ2n) is 5.40. The van der Waals surface area contributed by atoms with E-state index in [9.17, 15) is 13.2 Å². The number of ether oxygens (including phenoxy) is 1. The van der Waals surface area contributed by atoms with Gasteiger partial charge in [0.25, 0.3) is 5.91 Å². The number of amides is 1. The fourth-order valence-corrected chi connectivity index (χ4v) is 2.59. The summed E-state index contributed by atoms with van der Waals surface area (Å²) in [6.45, 7) is 1.52. The second kappa shape index (κ2) is 9.22. The van der Waals surface area contributed by atoms with Crippen LogP contribution in [0.4, 0.5) is 5.82 Å².